The maximum atomic E-state index is 12.8. The second-order valence-corrected chi connectivity index (χ2v) is 6.47. The number of hydrogen-bond donors (Lipinski definition) is 1. The summed E-state index contributed by atoms with van der Waals surface area (Å²) in [6.07, 6.45) is 2.67. The molecule has 0 spiro atoms. The summed E-state index contributed by atoms with van der Waals surface area (Å²) in [4.78, 5) is 35.5. The summed E-state index contributed by atoms with van der Waals surface area (Å²) in [5, 5.41) is 0.947. The van der Waals surface area contributed by atoms with Gasteiger partial charge >= 0.3 is 6.09 Å². The van der Waals surface area contributed by atoms with E-state index in [-0.39, 0.29) is 5.91 Å². The molecule has 0 unspecified atom stereocenters. The molecule has 28 heavy (non-hydrogen) atoms. The molecule has 0 atom stereocenters. The van der Waals surface area contributed by atoms with E-state index in [0.29, 0.717) is 37.6 Å². The van der Waals surface area contributed by atoms with Gasteiger partial charge in [0.2, 0.25) is 0 Å². The predicted molar refractivity (Wildman–Crippen MR) is 103 cm³/mol. The number of rotatable bonds is 3. The Hall–Kier alpha value is -3.55. The molecular weight excluding hydrogens is 360 g/mol. The molecule has 8 heteroatoms. The van der Waals surface area contributed by atoms with E-state index in [2.05, 4.69) is 9.97 Å². The smallest absolute Gasteiger partial charge is 0.415 e. The molecule has 1 aliphatic rings. The van der Waals surface area contributed by atoms with E-state index in [4.69, 9.17) is 9.47 Å². The Balaban J connectivity index is 1.38. The van der Waals surface area contributed by atoms with E-state index < -0.39 is 6.09 Å². The number of pyridine rings is 1. The number of nitrogens with zero attached hydrogens (tertiary/aromatic N) is 3. The van der Waals surface area contributed by atoms with Crippen LogP contribution in [0.5, 0.6) is 11.5 Å². The van der Waals surface area contributed by atoms with Gasteiger partial charge in [0.1, 0.15) is 11.4 Å². The molecule has 8 nitrogen and oxygen atoms in total. The Bertz CT molecular complexity index is 994. The Morgan fingerprint density at radius 3 is 2.54 bits per heavy atom. The van der Waals surface area contributed by atoms with Crippen molar-refractivity contribution in [3.05, 3.63) is 54.5 Å². The van der Waals surface area contributed by atoms with Gasteiger partial charge in [0.05, 0.1) is 13.3 Å². The van der Waals surface area contributed by atoms with E-state index in [9.17, 15) is 9.59 Å². The van der Waals surface area contributed by atoms with E-state index in [1.807, 2.05) is 24.3 Å². The molecule has 1 saturated heterocycles. The molecule has 0 radical (unpaired) electrons. The van der Waals surface area contributed by atoms with Crippen LogP contribution >= 0.6 is 0 Å². The number of aromatic amines is 1. The standard InChI is InChI=1S/C20H20N4O4/c1-27-15-5-4-14-11-18(22-17(14)12-15)19(25)23-7-9-24(10-8-23)20(26)28-16-3-2-6-21-13-16/h2-6,11-13,22H,7-10H2,1H3. The van der Waals surface area contributed by atoms with Crippen LogP contribution in [0.15, 0.2) is 48.8 Å². The molecule has 3 aromatic rings. The number of fused-ring (bicyclic) bond motifs is 1. The molecule has 0 saturated carbocycles. The number of carbonyl (C=O) groups excluding carboxylic acids is 2. The first-order chi connectivity index (χ1) is 13.6. The SMILES string of the molecule is COc1ccc2cc(C(=O)N3CCN(C(=O)Oc4cccnc4)CC3)[nH]c2c1. The van der Waals surface area contributed by atoms with Crippen molar-refractivity contribution in [1.29, 1.82) is 0 Å². The number of nitrogens with one attached hydrogen (secondary N) is 1. The second kappa shape index (κ2) is 7.59. The van der Waals surface area contributed by atoms with Crippen LogP contribution in [-0.2, 0) is 0 Å². The predicted octanol–water partition coefficient (Wildman–Crippen LogP) is 2.53. The minimum absolute atomic E-state index is 0.0876. The van der Waals surface area contributed by atoms with Crippen molar-refractivity contribution in [3.8, 4) is 11.5 Å². The van der Waals surface area contributed by atoms with Crippen LogP contribution in [0.25, 0.3) is 10.9 Å². The van der Waals surface area contributed by atoms with E-state index in [1.165, 1.54) is 6.20 Å². The largest absolute Gasteiger partial charge is 0.497 e. The van der Waals surface area contributed by atoms with Gasteiger partial charge in [-0.05, 0) is 30.3 Å². The summed E-state index contributed by atoms with van der Waals surface area (Å²) in [5.74, 6) is 1.05. The fourth-order valence-corrected chi connectivity index (χ4v) is 3.18. The molecule has 144 valence electrons. The first-order valence-electron chi connectivity index (χ1n) is 8.97. The number of aromatic nitrogens is 2. The van der Waals surface area contributed by atoms with Gasteiger partial charge in [-0.25, -0.2) is 4.79 Å². The highest BCUT2D eigenvalue weighted by Crippen LogP contribution is 2.22. The molecule has 2 amide bonds. The Morgan fingerprint density at radius 2 is 1.82 bits per heavy atom. The molecule has 1 aliphatic heterocycles. The van der Waals surface area contributed by atoms with Gasteiger partial charge in [-0.15, -0.1) is 0 Å². The first-order valence-corrected chi connectivity index (χ1v) is 8.97. The minimum atomic E-state index is -0.433. The summed E-state index contributed by atoms with van der Waals surface area (Å²) in [5.41, 5.74) is 1.37. The van der Waals surface area contributed by atoms with Crippen molar-refractivity contribution in [2.75, 3.05) is 33.3 Å². The maximum Gasteiger partial charge on any atom is 0.415 e. The van der Waals surface area contributed by atoms with Gasteiger partial charge < -0.3 is 24.3 Å². The number of H-pyrrole nitrogens is 1. The van der Waals surface area contributed by atoms with E-state index in [0.717, 1.165) is 16.7 Å². The third-order valence-electron chi connectivity index (χ3n) is 4.72. The molecule has 2 aromatic heterocycles. The van der Waals surface area contributed by atoms with Crippen molar-refractivity contribution in [2.24, 2.45) is 0 Å². The fourth-order valence-electron chi connectivity index (χ4n) is 3.18. The van der Waals surface area contributed by atoms with Gasteiger partial charge in [0.15, 0.2) is 5.75 Å². The molecule has 1 N–H and O–H groups in total. The lowest BCUT2D eigenvalue weighted by Crippen LogP contribution is -2.51. The van der Waals surface area contributed by atoms with Crippen LogP contribution in [0.4, 0.5) is 4.79 Å². The summed E-state index contributed by atoms with van der Waals surface area (Å²) in [7, 11) is 1.61. The van der Waals surface area contributed by atoms with Crippen molar-refractivity contribution in [3.63, 3.8) is 0 Å². The van der Waals surface area contributed by atoms with Crippen molar-refractivity contribution < 1.29 is 19.1 Å². The zero-order chi connectivity index (χ0) is 19.5. The van der Waals surface area contributed by atoms with Crippen molar-refractivity contribution in [1.82, 2.24) is 19.8 Å². The number of hydrogen-bond acceptors (Lipinski definition) is 5. The lowest BCUT2D eigenvalue weighted by atomic mass is 10.2. The number of piperazine rings is 1. The van der Waals surface area contributed by atoms with Crippen molar-refractivity contribution >= 4 is 22.9 Å². The molecule has 3 heterocycles. The lowest BCUT2D eigenvalue weighted by molar-refractivity contribution is 0.0629. The van der Waals surface area contributed by atoms with Gasteiger partial charge in [0, 0.05) is 49.3 Å². The second-order valence-electron chi connectivity index (χ2n) is 6.47. The molecule has 0 aliphatic carbocycles. The maximum absolute atomic E-state index is 12.8. The van der Waals surface area contributed by atoms with Gasteiger partial charge in [-0.2, -0.15) is 0 Å². The highest BCUT2D eigenvalue weighted by Gasteiger charge is 2.26. The summed E-state index contributed by atoms with van der Waals surface area (Å²) in [6.45, 7) is 1.72. The van der Waals surface area contributed by atoms with Crippen LogP contribution in [0.2, 0.25) is 0 Å². The van der Waals surface area contributed by atoms with Crippen LogP contribution < -0.4 is 9.47 Å². The third kappa shape index (κ3) is 3.62. The summed E-state index contributed by atoms with van der Waals surface area (Å²) < 4.78 is 10.5. The van der Waals surface area contributed by atoms with Crippen LogP contribution in [0, 0.1) is 0 Å². The van der Waals surface area contributed by atoms with Crippen molar-refractivity contribution in [2.45, 2.75) is 0 Å². The average molecular weight is 380 g/mol. The molecule has 1 fully saturated rings. The van der Waals surface area contributed by atoms with Crippen LogP contribution in [0.1, 0.15) is 10.5 Å². The monoisotopic (exact) mass is 380 g/mol. The van der Waals surface area contributed by atoms with Crippen LogP contribution in [0.3, 0.4) is 0 Å². The van der Waals surface area contributed by atoms with Gasteiger partial charge in [-0.1, -0.05) is 0 Å². The number of ether oxygens (including phenoxy) is 2. The first kappa shape index (κ1) is 17.8. The van der Waals surface area contributed by atoms with E-state index >= 15 is 0 Å². The normalized spacial score (nSPS) is 14.2. The Labute approximate surface area is 161 Å². The quantitative estimate of drug-likeness (QED) is 0.754. The van der Waals surface area contributed by atoms with Gasteiger partial charge in [0.25, 0.3) is 5.91 Å². The lowest BCUT2D eigenvalue weighted by Gasteiger charge is -2.33. The number of carbonyl (C=O) groups is 2. The Morgan fingerprint density at radius 1 is 1.04 bits per heavy atom. The molecule has 0 bridgehead atoms. The number of methoxy groups -OCH3 is 1. The summed E-state index contributed by atoms with van der Waals surface area (Å²) >= 11 is 0. The number of benzene rings is 1. The molecule has 1 aromatic carbocycles. The average Bonchev–Trinajstić information content (AvgIpc) is 3.17. The van der Waals surface area contributed by atoms with Crippen LogP contribution in [-0.4, -0.2) is 65.1 Å². The fraction of sp³-hybridized carbons (Fsp3) is 0.250. The van der Waals surface area contributed by atoms with E-state index in [1.54, 1.807) is 35.2 Å². The zero-order valence-corrected chi connectivity index (χ0v) is 15.4. The summed E-state index contributed by atoms with van der Waals surface area (Å²) in [6, 6.07) is 10.8. The zero-order valence-electron chi connectivity index (χ0n) is 15.4. The Kier molecular flexibility index (Phi) is 4.84. The topological polar surface area (TPSA) is 87.8 Å². The minimum Gasteiger partial charge on any atom is -0.497 e. The molecule has 4 rings (SSSR count). The highest BCUT2D eigenvalue weighted by molar-refractivity contribution is 5.98. The molecular formula is C20H20N4O4. The number of amides is 2. The highest BCUT2D eigenvalue weighted by atomic mass is 16.6. The third-order valence-corrected chi connectivity index (χ3v) is 4.72. The van der Waals surface area contributed by atoms with Gasteiger partial charge in [-0.3, -0.25) is 9.78 Å².